The van der Waals surface area contributed by atoms with E-state index in [0.29, 0.717) is 6.54 Å². The normalized spacial score (nSPS) is 17.9. The van der Waals surface area contributed by atoms with E-state index in [-0.39, 0.29) is 6.04 Å². The van der Waals surface area contributed by atoms with Gasteiger partial charge in [-0.1, -0.05) is 25.5 Å². The first-order valence-corrected chi connectivity index (χ1v) is 7.59. The van der Waals surface area contributed by atoms with E-state index in [4.69, 9.17) is 15.2 Å². The Kier molecular flexibility index (Phi) is 6.30. The molecule has 20 heavy (non-hydrogen) atoms. The fraction of sp³-hybridized carbons (Fsp3) is 0.625. The molecule has 2 rings (SSSR count). The Labute approximate surface area is 121 Å². The molecule has 4 nitrogen and oxygen atoms in total. The van der Waals surface area contributed by atoms with E-state index in [1.807, 2.05) is 12.1 Å². The molecular formula is C16H26N2O2. The molecular weight excluding hydrogens is 252 g/mol. The molecule has 0 saturated carbocycles. The Morgan fingerprint density at radius 2 is 1.95 bits per heavy atom. The van der Waals surface area contributed by atoms with Gasteiger partial charge >= 0.3 is 0 Å². The van der Waals surface area contributed by atoms with E-state index in [1.54, 1.807) is 0 Å². The van der Waals surface area contributed by atoms with Crippen LogP contribution in [0.15, 0.2) is 24.3 Å². The molecule has 4 heteroatoms. The maximum Gasteiger partial charge on any atom is 0.119 e. The van der Waals surface area contributed by atoms with Crippen molar-refractivity contribution in [1.82, 2.24) is 4.90 Å². The Morgan fingerprint density at radius 1 is 1.25 bits per heavy atom. The zero-order valence-electron chi connectivity index (χ0n) is 12.4. The average Bonchev–Trinajstić information content (AvgIpc) is 2.51. The van der Waals surface area contributed by atoms with E-state index in [2.05, 4.69) is 24.0 Å². The van der Waals surface area contributed by atoms with Gasteiger partial charge in [0.25, 0.3) is 0 Å². The van der Waals surface area contributed by atoms with Crippen LogP contribution in [-0.4, -0.2) is 44.4 Å². The Hall–Kier alpha value is -1.10. The lowest BCUT2D eigenvalue weighted by atomic mass is 10.0. The number of nitrogens with zero attached hydrogens (tertiary/aromatic N) is 1. The number of rotatable bonds is 7. The molecule has 1 unspecified atom stereocenters. The lowest BCUT2D eigenvalue weighted by Crippen LogP contribution is -2.41. The quantitative estimate of drug-likeness (QED) is 0.777. The first-order valence-electron chi connectivity index (χ1n) is 7.59. The summed E-state index contributed by atoms with van der Waals surface area (Å²) < 4.78 is 11.1. The Balaban J connectivity index is 1.95. The predicted octanol–water partition coefficient (Wildman–Crippen LogP) is 2.20. The smallest absolute Gasteiger partial charge is 0.119 e. The van der Waals surface area contributed by atoms with Crippen molar-refractivity contribution in [3.8, 4) is 5.75 Å². The Morgan fingerprint density at radius 3 is 2.55 bits per heavy atom. The monoisotopic (exact) mass is 278 g/mol. The van der Waals surface area contributed by atoms with Crippen molar-refractivity contribution in [3.63, 3.8) is 0 Å². The minimum absolute atomic E-state index is 0.281. The molecule has 1 aliphatic heterocycles. The minimum Gasteiger partial charge on any atom is -0.494 e. The van der Waals surface area contributed by atoms with Crippen LogP contribution in [0.1, 0.15) is 31.4 Å². The van der Waals surface area contributed by atoms with Crippen LogP contribution in [0.5, 0.6) is 5.75 Å². The number of morpholine rings is 1. The van der Waals surface area contributed by atoms with Gasteiger partial charge in [-0.25, -0.2) is 0 Å². The fourth-order valence-electron chi connectivity index (χ4n) is 2.51. The summed E-state index contributed by atoms with van der Waals surface area (Å²) in [6.07, 6.45) is 2.26. The average molecular weight is 278 g/mol. The molecule has 1 fully saturated rings. The maximum absolute atomic E-state index is 5.96. The second-order valence-electron chi connectivity index (χ2n) is 5.17. The van der Waals surface area contributed by atoms with Crippen molar-refractivity contribution in [3.05, 3.63) is 29.8 Å². The van der Waals surface area contributed by atoms with Crippen molar-refractivity contribution in [1.29, 1.82) is 0 Å². The van der Waals surface area contributed by atoms with Crippen LogP contribution in [0.4, 0.5) is 0 Å². The van der Waals surface area contributed by atoms with E-state index < -0.39 is 0 Å². The lowest BCUT2D eigenvalue weighted by Gasteiger charge is -2.34. The number of nitrogens with two attached hydrogens (primary N) is 1. The summed E-state index contributed by atoms with van der Waals surface area (Å²) in [6.45, 7) is 7.10. The predicted molar refractivity (Wildman–Crippen MR) is 81.0 cm³/mol. The molecule has 1 heterocycles. The van der Waals surface area contributed by atoms with Crippen LogP contribution in [-0.2, 0) is 4.74 Å². The van der Waals surface area contributed by atoms with Crippen molar-refractivity contribution >= 4 is 0 Å². The molecule has 112 valence electrons. The van der Waals surface area contributed by atoms with Crippen LogP contribution in [0.3, 0.4) is 0 Å². The highest BCUT2D eigenvalue weighted by atomic mass is 16.5. The summed E-state index contributed by atoms with van der Waals surface area (Å²) in [5.74, 6) is 0.944. The van der Waals surface area contributed by atoms with Crippen molar-refractivity contribution in [2.75, 3.05) is 39.5 Å². The standard InChI is InChI=1S/C16H26N2O2/c1-2-3-10-20-15-6-4-14(5-7-15)16(13-17)18-8-11-19-12-9-18/h4-7,16H,2-3,8-13,17H2,1H3. The van der Waals surface area contributed by atoms with Gasteiger partial charge in [-0.05, 0) is 24.1 Å². The van der Waals surface area contributed by atoms with Gasteiger partial charge in [0.05, 0.1) is 19.8 Å². The Bertz CT molecular complexity index is 375. The molecule has 0 amide bonds. The summed E-state index contributed by atoms with van der Waals surface area (Å²) in [5, 5.41) is 0. The number of hydrogen-bond donors (Lipinski definition) is 1. The van der Waals surface area contributed by atoms with E-state index in [9.17, 15) is 0 Å². The van der Waals surface area contributed by atoms with Gasteiger partial charge in [-0.2, -0.15) is 0 Å². The van der Waals surface area contributed by atoms with Gasteiger partial charge in [0.15, 0.2) is 0 Å². The molecule has 0 aromatic heterocycles. The van der Waals surface area contributed by atoms with Crippen LogP contribution in [0.25, 0.3) is 0 Å². The van der Waals surface area contributed by atoms with Crippen LogP contribution >= 0.6 is 0 Å². The topological polar surface area (TPSA) is 47.7 Å². The summed E-state index contributed by atoms with van der Waals surface area (Å²) >= 11 is 0. The summed E-state index contributed by atoms with van der Waals surface area (Å²) in [4.78, 5) is 2.40. The van der Waals surface area contributed by atoms with Crippen molar-refractivity contribution in [2.45, 2.75) is 25.8 Å². The van der Waals surface area contributed by atoms with Crippen molar-refractivity contribution in [2.24, 2.45) is 5.73 Å². The zero-order chi connectivity index (χ0) is 14.2. The molecule has 1 saturated heterocycles. The summed E-state index contributed by atoms with van der Waals surface area (Å²) in [5.41, 5.74) is 7.22. The SMILES string of the molecule is CCCCOc1ccc(C(CN)N2CCOCC2)cc1. The van der Waals surface area contributed by atoms with Gasteiger partial charge in [0.1, 0.15) is 5.75 Å². The highest BCUT2D eigenvalue weighted by Crippen LogP contribution is 2.23. The van der Waals surface area contributed by atoms with Gasteiger partial charge in [-0.3, -0.25) is 4.90 Å². The maximum atomic E-state index is 5.96. The van der Waals surface area contributed by atoms with E-state index in [0.717, 1.165) is 51.5 Å². The molecule has 0 radical (unpaired) electrons. The first-order chi connectivity index (χ1) is 9.85. The van der Waals surface area contributed by atoms with Gasteiger partial charge in [0.2, 0.25) is 0 Å². The highest BCUT2D eigenvalue weighted by molar-refractivity contribution is 5.29. The van der Waals surface area contributed by atoms with Gasteiger partial charge in [-0.15, -0.1) is 0 Å². The summed E-state index contributed by atoms with van der Waals surface area (Å²) in [7, 11) is 0. The number of unbranched alkanes of at least 4 members (excludes halogenated alkanes) is 1. The second kappa shape index (κ2) is 8.25. The van der Waals surface area contributed by atoms with E-state index >= 15 is 0 Å². The number of benzene rings is 1. The third kappa shape index (κ3) is 4.20. The number of hydrogen-bond acceptors (Lipinski definition) is 4. The fourth-order valence-corrected chi connectivity index (χ4v) is 2.51. The molecule has 1 atom stereocenters. The lowest BCUT2D eigenvalue weighted by molar-refractivity contribution is 0.0179. The molecule has 0 aliphatic carbocycles. The molecule has 0 spiro atoms. The van der Waals surface area contributed by atoms with Crippen molar-refractivity contribution < 1.29 is 9.47 Å². The van der Waals surface area contributed by atoms with Crippen LogP contribution < -0.4 is 10.5 Å². The molecule has 1 aromatic carbocycles. The van der Waals surface area contributed by atoms with E-state index in [1.165, 1.54) is 5.56 Å². The van der Waals surface area contributed by atoms with Crippen LogP contribution in [0.2, 0.25) is 0 Å². The second-order valence-corrected chi connectivity index (χ2v) is 5.17. The third-order valence-corrected chi connectivity index (χ3v) is 3.74. The molecule has 1 aromatic rings. The zero-order valence-corrected chi connectivity index (χ0v) is 12.4. The first kappa shape index (κ1) is 15.3. The van der Waals surface area contributed by atoms with Gasteiger partial charge in [0, 0.05) is 25.7 Å². The van der Waals surface area contributed by atoms with Gasteiger partial charge < -0.3 is 15.2 Å². The molecule has 1 aliphatic rings. The largest absolute Gasteiger partial charge is 0.494 e. The molecule has 2 N–H and O–H groups in total. The molecule has 0 bridgehead atoms. The summed E-state index contributed by atoms with van der Waals surface area (Å²) in [6, 6.07) is 8.65. The minimum atomic E-state index is 0.281. The highest BCUT2D eigenvalue weighted by Gasteiger charge is 2.21. The number of ether oxygens (including phenoxy) is 2. The van der Waals surface area contributed by atoms with Crippen LogP contribution in [0, 0.1) is 0 Å². The third-order valence-electron chi connectivity index (χ3n) is 3.74.